The molecule has 1 aliphatic rings. The van der Waals surface area contributed by atoms with Crippen molar-refractivity contribution < 1.29 is 9.59 Å². The summed E-state index contributed by atoms with van der Waals surface area (Å²) in [5.74, 6) is -0.464. The summed E-state index contributed by atoms with van der Waals surface area (Å²) >= 11 is 7.67. The first-order valence-electron chi connectivity index (χ1n) is 10.9. The highest BCUT2D eigenvalue weighted by molar-refractivity contribution is 8.04. The van der Waals surface area contributed by atoms with Crippen LogP contribution in [0, 0.1) is 0 Å². The Labute approximate surface area is 203 Å². The molecule has 1 aliphatic heterocycles. The van der Waals surface area contributed by atoms with E-state index in [9.17, 15) is 9.59 Å². The summed E-state index contributed by atoms with van der Waals surface area (Å²) in [5.41, 5.74) is 2.91. The summed E-state index contributed by atoms with van der Waals surface area (Å²) in [4.78, 5) is 29.1. The number of fused-ring (bicyclic) bond motifs is 1. The Kier molecular flexibility index (Phi) is 7.53. The van der Waals surface area contributed by atoms with Gasteiger partial charge in [-0.15, -0.1) is 0 Å². The molecule has 33 heavy (non-hydrogen) atoms. The summed E-state index contributed by atoms with van der Waals surface area (Å²) < 4.78 is 0. The molecule has 0 aromatic heterocycles. The predicted octanol–water partition coefficient (Wildman–Crippen LogP) is 6.00. The molecule has 0 saturated heterocycles. The third-order valence-electron chi connectivity index (χ3n) is 5.48. The number of carbonyl (C=O) groups is 2. The summed E-state index contributed by atoms with van der Waals surface area (Å²) in [6.45, 7) is 2.32. The molecule has 3 aromatic carbocycles. The lowest BCUT2D eigenvalue weighted by atomic mass is 10.1. The Morgan fingerprint density at radius 2 is 1.73 bits per heavy atom. The van der Waals surface area contributed by atoms with Crippen LogP contribution in [0.4, 0.5) is 5.69 Å². The number of anilines is 1. The number of hydrogen-bond acceptors (Lipinski definition) is 3. The van der Waals surface area contributed by atoms with E-state index < -0.39 is 0 Å². The van der Waals surface area contributed by atoms with Crippen molar-refractivity contribution in [2.75, 3.05) is 4.90 Å². The minimum absolute atomic E-state index is 0.00948. The summed E-state index contributed by atoms with van der Waals surface area (Å²) in [7, 11) is 0. The van der Waals surface area contributed by atoms with E-state index in [1.54, 1.807) is 4.90 Å². The van der Waals surface area contributed by atoms with Crippen LogP contribution in [-0.4, -0.2) is 17.9 Å². The third-order valence-corrected chi connectivity index (χ3v) is 6.92. The normalized spacial score (nSPS) is 15.3. The van der Waals surface area contributed by atoms with Crippen molar-refractivity contribution in [3.05, 3.63) is 106 Å². The number of benzene rings is 3. The zero-order valence-electron chi connectivity index (χ0n) is 18.3. The Morgan fingerprint density at radius 1 is 1.03 bits per heavy atom. The van der Waals surface area contributed by atoms with Crippen LogP contribution in [0.1, 0.15) is 24.5 Å². The number of aryl methyl sites for hydroxylation is 1. The number of hydrogen-bond donors (Lipinski definition) is 1. The van der Waals surface area contributed by atoms with Gasteiger partial charge in [0.25, 0.3) is 5.91 Å². The maximum Gasteiger partial charge on any atom is 0.265 e. The molecule has 0 fully saturated rings. The van der Waals surface area contributed by atoms with Crippen LogP contribution >= 0.6 is 23.4 Å². The van der Waals surface area contributed by atoms with E-state index >= 15 is 0 Å². The number of amides is 2. The first-order chi connectivity index (χ1) is 16.0. The molecule has 0 radical (unpaired) electrons. The fourth-order valence-corrected chi connectivity index (χ4v) is 4.95. The van der Waals surface area contributed by atoms with Gasteiger partial charge in [0.1, 0.15) is 0 Å². The minimum Gasteiger partial charge on any atom is -0.350 e. The van der Waals surface area contributed by atoms with Gasteiger partial charge in [-0.1, -0.05) is 84.0 Å². The number of para-hydroxylation sites is 1. The van der Waals surface area contributed by atoms with Crippen molar-refractivity contribution in [3.63, 3.8) is 0 Å². The summed E-state index contributed by atoms with van der Waals surface area (Å²) in [6, 6.07) is 25.4. The Bertz CT molecular complexity index is 1180. The van der Waals surface area contributed by atoms with E-state index in [1.807, 2.05) is 73.7 Å². The van der Waals surface area contributed by atoms with Crippen molar-refractivity contribution in [2.24, 2.45) is 0 Å². The van der Waals surface area contributed by atoms with Crippen LogP contribution in [0.5, 0.6) is 0 Å². The Hall–Kier alpha value is -3.02. The van der Waals surface area contributed by atoms with Gasteiger partial charge in [0.2, 0.25) is 5.91 Å². The van der Waals surface area contributed by atoms with E-state index in [0.717, 1.165) is 29.0 Å². The van der Waals surface area contributed by atoms with Gasteiger partial charge in [0.15, 0.2) is 0 Å². The molecule has 168 valence electrons. The van der Waals surface area contributed by atoms with Gasteiger partial charge in [-0.25, -0.2) is 0 Å². The van der Waals surface area contributed by atoms with Crippen molar-refractivity contribution in [1.29, 1.82) is 0 Å². The lowest BCUT2D eigenvalue weighted by molar-refractivity contribution is -0.118. The number of nitrogens with one attached hydrogen (secondary N) is 1. The average Bonchev–Trinajstić information content (AvgIpc) is 2.82. The van der Waals surface area contributed by atoms with Gasteiger partial charge >= 0.3 is 0 Å². The van der Waals surface area contributed by atoms with Gasteiger partial charge in [0.05, 0.1) is 17.1 Å². The molecular formula is C27H25ClN2O2S. The molecule has 1 atom stereocenters. The SMILES string of the molecule is C[C@@H](CCc1ccccc1)NC(=O)/C=C1/Sc2ccccc2N(Cc2ccccc2Cl)C1=O. The third kappa shape index (κ3) is 5.86. The topological polar surface area (TPSA) is 49.4 Å². The van der Waals surface area contributed by atoms with Gasteiger partial charge in [0, 0.05) is 22.0 Å². The molecule has 0 saturated carbocycles. The minimum atomic E-state index is -0.261. The van der Waals surface area contributed by atoms with Crippen molar-refractivity contribution >= 4 is 40.9 Å². The molecule has 4 rings (SSSR count). The van der Waals surface area contributed by atoms with E-state index in [2.05, 4.69) is 17.4 Å². The van der Waals surface area contributed by atoms with Crippen molar-refractivity contribution in [2.45, 2.75) is 37.2 Å². The lowest BCUT2D eigenvalue weighted by Crippen LogP contribution is -2.36. The van der Waals surface area contributed by atoms with Crippen LogP contribution in [-0.2, 0) is 22.6 Å². The maximum atomic E-state index is 13.3. The Morgan fingerprint density at radius 3 is 2.52 bits per heavy atom. The zero-order valence-corrected chi connectivity index (χ0v) is 19.9. The highest BCUT2D eigenvalue weighted by Gasteiger charge is 2.30. The molecule has 4 nitrogen and oxygen atoms in total. The van der Waals surface area contributed by atoms with Crippen LogP contribution < -0.4 is 10.2 Å². The van der Waals surface area contributed by atoms with Crippen LogP contribution in [0.25, 0.3) is 0 Å². The molecule has 1 N–H and O–H groups in total. The maximum absolute atomic E-state index is 13.3. The summed E-state index contributed by atoms with van der Waals surface area (Å²) in [5, 5.41) is 3.60. The first-order valence-corrected chi connectivity index (χ1v) is 12.1. The predicted molar refractivity (Wildman–Crippen MR) is 135 cm³/mol. The zero-order chi connectivity index (χ0) is 23.2. The van der Waals surface area contributed by atoms with Crippen LogP contribution in [0.3, 0.4) is 0 Å². The highest BCUT2D eigenvalue weighted by atomic mass is 35.5. The van der Waals surface area contributed by atoms with Crippen LogP contribution in [0.15, 0.2) is 94.7 Å². The lowest BCUT2D eigenvalue weighted by Gasteiger charge is -2.30. The van der Waals surface area contributed by atoms with Gasteiger partial charge in [-0.2, -0.15) is 0 Å². The molecule has 1 heterocycles. The van der Waals surface area contributed by atoms with E-state index in [1.165, 1.54) is 23.4 Å². The average molecular weight is 477 g/mol. The van der Waals surface area contributed by atoms with Crippen LogP contribution in [0.2, 0.25) is 5.02 Å². The van der Waals surface area contributed by atoms with E-state index in [4.69, 9.17) is 11.6 Å². The molecule has 0 bridgehead atoms. The molecule has 0 aliphatic carbocycles. The second-order valence-electron chi connectivity index (χ2n) is 7.99. The number of thioether (sulfide) groups is 1. The molecular weight excluding hydrogens is 452 g/mol. The molecule has 2 amide bonds. The Balaban J connectivity index is 1.48. The molecule has 0 unspecified atom stereocenters. The quantitative estimate of drug-likeness (QED) is 0.425. The fourth-order valence-electron chi connectivity index (χ4n) is 3.72. The van der Waals surface area contributed by atoms with Crippen molar-refractivity contribution in [3.8, 4) is 0 Å². The molecule has 3 aromatic rings. The monoisotopic (exact) mass is 476 g/mol. The second kappa shape index (κ2) is 10.7. The number of rotatable bonds is 7. The number of halogens is 1. The van der Waals surface area contributed by atoms with Gasteiger partial charge in [-0.05, 0) is 49.1 Å². The smallest absolute Gasteiger partial charge is 0.265 e. The van der Waals surface area contributed by atoms with E-state index in [-0.39, 0.29) is 17.9 Å². The fraction of sp³-hybridized carbons (Fsp3) is 0.185. The van der Waals surface area contributed by atoms with Gasteiger partial charge in [-0.3, -0.25) is 9.59 Å². The van der Waals surface area contributed by atoms with Gasteiger partial charge < -0.3 is 10.2 Å². The largest absolute Gasteiger partial charge is 0.350 e. The first kappa shape index (κ1) is 23.1. The summed E-state index contributed by atoms with van der Waals surface area (Å²) in [6.07, 6.45) is 3.12. The van der Waals surface area contributed by atoms with E-state index in [0.29, 0.717) is 16.5 Å². The number of nitrogens with zero attached hydrogens (tertiary/aromatic N) is 1. The standard InChI is InChI=1S/C27H25ClN2O2S/c1-19(15-16-20-9-3-2-4-10-20)29-26(31)17-25-27(32)30(18-21-11-5-6-12-22(21)28)23-13-7-8-14-24(23)33-25/h2-14,17,19H,15-16,18H2,1H3,(H,29,31)/b25-17+/t19-/m0/s1. The highest BCUT2D eigenvalue weighted by Crippen LogP contribution is 2.42. The molecule has 6 heteroatoms. The second-order valence-corrected chi connectivity index (χ2v) is 9.49. The number of carbonyl (C=O) groups excluding carboxylic acids is 2. The molecule has 0 spiro atoms. The van der Waals surface area contributed by atoms with Crippen molar-refractivity contribution in [1.82, 2.24) is 5.32 Å².